The first-order chi connectivity index (χ1) is 8.26. The van der Waals surface area contributed by atoms with Crippen LogP contribution in [0.3, 0.4) is 0 Å². The lowest BCUT2D eigenvalue weighted by atomic mass is 10.4. The summed E-state index contributed by atoms with van der Waals surface area (Å²) >= 11 is 0. The Bertz CT molecular complexity index is 337. The number of nitrogens with two attached hydrogens (primary N) is 1. The van der Waals surface area contributed by atoms with Crippen molar-refractivity contribution in [1.29, 1.82) is 0 Å². The first-order valence-electron chi connectivity index (χ1n) is 6.08. The summed E-state index contributed by atoms with van der Waals surface area (Å²) in [5.74, 6) is 1.44. The molecule has 0 atom stereocenters. The van der Waals surface area contributed by atoms with E-state index in [0.717, 1.165) is 17.9 Å². The van der Waals surface area contributed by atoms with E-state index in [1.54, 1.807) is 0 Å². The van der Waals surface area contributed by atoms with Crippen LogP contribution in [0.15, 0.2) is 18.2 Å². The van der Waals surface area contributed by atoms with Gasteiger partial charge in [0, 0.05) is 24.7 Å². The minimum Gasteiger partial charge on any atom is -0.473 e. The molecule has 0 aliphatic rings. The minimum atomic E-state index is 0.497. The van der Waals surface area contributed by atoms with Crippen LogP contribution in [0, 0.1) is 6.92 Å². The average molecular weight is 237 g/mol. The third kappa shape index (κ3) is 6.68. The zero-order valence-electron chi connectivity index (χ0n) is 11.2. The number of rotatable bonds is 5. The molecule has 0 spiro atoms. The van der Waals surface area contributed by atoms with Gasteiger partial charge < -0.3 is 10.5 Å². The van der Waals surface area contributed by atoms with Crippen molar-refractivity contribution in [3.63, 3.8) is 0 Å². The van der Waals surface area contributed by atoms with Crippen LogP contribution in [0.5, 0.6) is 5.88 Å². The lowest BCUT2D eigenvalue weighted by Gasteiger charge is -2.04. The van der Waals surface area contributed by atoms with Crippen molar-refractivity contribution in [1.82, 2.24) is 9.97 Å². The van der Waals surface area contributed by atoms with Gasteiger partial charge in [0.15, 0.2) is 0 Å². The fourth-order valence-electron chi connectivity index (χ4n) is 1.13. The number of aromatic nitrogens is 2. The average Bonchev–Trinajstić information content (AvgIpc) is 2.36. The van der Waals surface area contributed by atoms with Crippen molar-refractivity contribution in [3.05, 3.63) is 29.7 Å². The predicted octanol–water partition coefficient (Wildman–Crippen LogP) is 2.27. The first kappa shape index (κ1) is 15.6. The van der Waals surface area contributed by atoms with Gasteiger partial charge in [-0.15, -0.1) is 0 Å². The second kappa shape index (κ2) is 9.78. The Balaban J connectivity index is 0.00000121. The van der Waals surface area contributed by atoms with Gasteiger partial charge in [-0.1, -0.05) is 32.9 Å². The molecule has 0 bridgehead atoms. The number of hydrogen-bond acceptors (Lipinski definition) is 4. The SMILES string of the molecule is CC.CCc1nc(C)cc(OCC=CCN)n1. The Morgan fingerprint density at radius 3 is 2.59 bits per heavy atom. The zero-order chi connectivity index (χ0) is 13.1. The highest BCUT2D eigenvalue weighted by molar-refractivity contribution is 5.15. The molecule has 1 aromatic rings. The number of ether oxygens (including phenoxy) is 1. The fourth-order valence-corrected chi connectivity index (χ4v) is 1.13. The Labute approximate surface area is 104 Å². The van der Waals surface area contributed by atoms with Crippen LogP contribution in [0.1, 0.15) is 32.3 Å². The molecule has 0 fully saturated rings. The van der Waals surface area contributed by atoms with Gasteiger partial charge in [-0.25, -0.2) is 4.98 Å². The Hall–Kier alpha value is -1.42. The maximum Gasteiger partial charge on any atom is 0.217 e. The van der Waals surface area contributed by atoms with Crippen molar-refractivity contribution in [2.75, 3.05) is 13.2 Å². The second-order valence-corrected chi connectivity index (χ2v) is 3.14. The topological polar surface area (TPSA) is 61.0 Å². The van der Waals surface area contributed by atoms with Crippen molar-refractivity contribution in [2.45, 2.75) is 34.1 Å². The molecule has 1 rings (SSSR count). The quantitative estimate of drug-likeness (QED) is 0.798. The van der Waals surface area contributed by atoms with Crippen LogP contribution >= 0.6 is 0 Å². The Morgan fingerprint density at radius 2 is 2.00 bits per heavy atom. The van der Waals surface area contributed by atoms with Crippen LogP contribution in [0.4, 0.5) is 0 Å². The highest BCUT2D eigenvalue weighted by Gasteiger charge is 2.00. The van der Waals surface area contributed by atoms with Gasteiger partial charge in [0.25, 0.3) is 0 Å². The summed E-state index contributed by atoms with van der Waals surface area (Å²) in [5, 5.41) is 0. The van der Waals surface area contributed by atoms with Gasteiger partial charge in [0.1, 0.15) is 12.4 Å². The van der Waals surface area contributed by atoms with Crippen molar-refractivity contribution in [2.24, 2.45) is 5.73 Å². The minimum absolute atomic E-state index is 0.497. The van der Waals surface area contributed by atoms with Gasteiger partial charge in [0.05, 0.1) is 0 Å². The van der Waals surface area contributed by atoms with E-state index < -0.39 is 0 Å². The Morgan fingerprint density at radius 1 is 1.29 bits per heavy atom. The largest absolute Gasteiger partial charge is 0.473 e. The molecule has 0 unspecified atom stereocenters. The van der Waals surface area contributed by atoms with E-state index in [9.17, 15) is 0 Å². The van der Waals surface area contributed by atoms with Crippen molar-refractivity contribution < 1.29 is 4.74 Å². The normalized spacial score (nSPS) is 9.94. The highest BCUT2D eigenvalue weighted by atomic mass is 16.5. The van der Waals surface area contributed by atoms with E-state index in [1.165, 1.54) is 0 Å². The molecule has 0 amide bonds. The summed E-state index contributed by atoms with van der Waals surface area (Å²) in [6, 6.07) is 1.83. The van der Waals surface area contributed by atoms with Gasteiger partial charge in [-0.2, -0.15) is 4.98 Å². The first-order valence-corrected chi connectivity index (χ1v) is 6.08. The van der Waals surface area contributed by atoms with Crippen LogP contribution < -0.4 is 10.5 Å². The van der Waals surface area contributed by atoms with Crippen LogP contribution in [0.2, 0.25) is 0 Å². The molecule has 4 nitrogen and oxygen atoms in total. The third-order valence-corrected chi connectivity index (χ3v) is 1.82. The summed E-state index contributed by atoms with van der Waals surface area (Å²) in [6.45, 7) is 8.99. The van der Waals surface area contributed by atoms with E-state index in [4.69, 9.17) is 10.5 Å². The monoisotopic (exact) mass is 237 g/mol. The molecular formula is C13H23N3O. The van der Waals surface area contributed by atoms with Gasteiger partial charge in [0.2, 0.25) is 5.88 Å². The van der Waals surface area contributed by atoms with Gasteiger partial charge in [-0.05, 0) is 6.92 Å². The molecular weight excluding hydrogens is 214 g/mol. The number of nitrogens with zero attached hydrogens (tertiary/aromatic N) is 2. The Kier molecular flexibility index (Phi) is 8.96. The maximum absolute atomic E-state index is 5.44. The van der Waals surface area contributed by atoms with Crippen LogP contribution in [-0.2, 0) is 6.42 Å². The molecule has 0 saturated carbocycles. The van der Waals surface area contributed by atoms with E-state index in [1.807, 2.05) is 45.9 Å². The molecule has 4 heteroatoms. The molecule has 1 aromatic heterocycles. The van der Waals surface area contributed by atoms with E-state index in [0.29, 0.717) is 19.0 Å². The molecule has 0 saturated heterocycles. The summed E-state index contributed by atoms with van der Waals surface area (Å²) in [7, 11) is 0. The standard InChI is InChI=1S/C11H17N3O.C2H6/c1-3-10-13-9(2)8-11(14-10)15-7-5-4-6-12;1-2/h4-5,8H,3,6-7,12H2,1-2H3;1-2H3. The van der Waals surface area contributed by atoms with Crippen LogP contribution in [-0.4, -0.2) is 23.1 Å². The highest BCUT2D eigenvalue weighted by Crippen LogP contribution is 2.09. The molecule has 0 radical (unpaired) electrons. The van der Waals surface area contributed by atoms with Crippen LogP contribution in [0.25, 0.3) is 0 Å². The second-order valence-electron chi connectivity index (χ2n) is 3.14. The fraction of sp³-hybridized carbons (Fsp3) is 0.538. The summed E-state index contributed by atoms with van der Waals surface area (Å²) in [6.07, 6.45) is 4.55. The molecule has 2 N–H and O–H groups in total. The lowest BCUT2D eigenvalue weighted by Crippen LogP contribution is -2.02. The number of hydrogen-bond donors (Lipinski definition) is 1. The molecule has 1 heterocycles. The summed E-state index contributed by atoms with van der Waals surface area (Å²) in [5.41, 5.74) is 6.24. The number of aryl methyl sites for hydroxylation is 2. The zero-order valence-corrected chi connectivity index (χ0v) is 11.2. The molecule has 0 aliphatic carbocycles. The van der Waals surface area contributed by atoms with Crippen molar-refractivity contribution >= 4 is 0 Å². The van der Waals surface area contributed by atoms with Gasteiger partial charge in [-0.3, -0.25) is 0 Å². The summed E-state index contributed by atoms with van der Waals surface area (Å²) in [4.78, 5) is 8.52. The maximum atomic E-state index is 5.44. The van der Waals surface area contributed by atoms with Crippen molar-refractivity contribution in [3.8, 4) is 5.88 Å². The van der Waals surface area contributed by atoms with E-state index in [2.05, 4.69) is 9.97 Å². The van der Waals surface area contributed by atoms with E-state index >= 15 is 0 Å². The lowest BCUT2D eigenvalue weighted by molar-refractivity contribution is 0.345. The molecule has 0 aliphatic heterocycles. The predicted molar refractivity (Wildman–Crippen MR) is 71.2 cm³/mol. The summed E-state index contributed by atoms with van der Waals surface area (Å²) < 4.78 is 5.44. The van der Waals surface area contributed by atoms with Gasteiger partial charge >= 0.3 is 0 Å². The van der Waals surface area contributed by atoms with E-state index in [-0.39, 0.29) is 0 Å². The molecule has 96 valence electrons. The molecule has 17 heavy (non-hydrogen) atoms. The molecule has 0 aromatic carbocycles. The third-order valence-electron chi connectivity index (χ3n) is 1.82. The smallest absolute Gasteiger partial charge is 0.217 e.